The monoisotopic (exact) mass is 448 g/mol. The van der Waals surface area contributed by atoms with Gasteiger partial charge in [-0.2, -0.15) is 0 Å². The number of hydrogen-bond donors (Lipinski definition) is 1. The van der Waals surface area contributed by atoms with Gasteiger partial charge in [-0.1, -0.05) is 31.9 Å². The van der Waals surface area contributed by atoms with Gasteiger partial charge < -0.3 is 14.8 Å². The molecule has 1 amide bonds. The first-order chi connectivity index (χ1) is 15.9. The normalized spacial score (nSPS) is 16.4. The molecule has 0 saturated carbocycles. The Morgan fingerprint density at radius 1 is 1.09 bits per heavy atom. The van der Waals surface area contributed by atoms with Crippen molar-refractivity contribution in [3.8, 4) is 0 Å². The van der Waals surface area contributed by atoms with Crippen LogP contribution in [-0.4, -0.2) is 46.0 Å². The molecule has 1 N–H and O–H groups in total. The second-order valence-corrected chi connectivity index (χ2v) is 8.99. The van der Waals surface area contributed by atoms with Crippen molar-refractivity contribution in [3.05, 3.63) is 74.4 Å². The molecule has 1 aliphatic heterocycles. The number of fused-ring (bicyclic) bond motifs is 1. The maximum atomic E-state index is 13.2. The largest absolute Gasteiger partial charge is 0.365 e. The first-order valence-electron chi connectivity index (χ1n) is 11.8. The molecule has 0 spiro atoms. The van der Waals surface area contributed by atoms with Crippen LogP contribution in [0, 0.1) is 6.92 Å². The van der Waals surface area contributed by atoms with Crippen LogP contribution in [0.4, 0.5) is 5.69 Å². The number of rotatable bonds is 6. The molecule has 7 nitrogen and oxygen atoms in total. The van der Waals surface area contributed by atoms with Crippen LogP contribution in [0.3, 0.4) is 0 Å². The number of carbonyl (C=O) groups excluding carboxylic acids is 1. The van der Waals surface area contributed by atoms with Gasteiger partial charge in [0, 0.05) is 43.5 Å². The molecule has 0 bridgehead atoms. The summed E-state index contributed by atoms with van der Waals surface area (Å²) in [6.07, 6.45) is 2.77. The SMILES string of the molecule is CCCCCn1c(=O)[nH]c2cc(C(=O)N3CCN(c4cccc(C)c4)[C@H](C)C3)ccc2c1=O. The number of aromatic nitrogens is 2. The predicted molar refractivity (Wildman–Crippen MR) is 132 cm³/mol. The fourth-order valence-corrected chi connectivity index (χ4v) is 4.63. The third-order valence-electron chi connectivity index (χ3n) is 6.46. The number of amides is 1. The minimum absolute atomic E-state index is 0.0828. The lowest BCUT2D eigenvalue weighted by Gasteiger charge is -2.41. The number of hydrogen-bond acceptors (Lipinski definition) is 4. The summed E-state index contributed by atoms with van der Waals surface area (Å²) in [5, 5.41) is 0.431. The zero-order valence-corrected chi connectivity index (χ0v) is 19.6. The first-order valence-corrected chi connectivity index (χ1v) is 11.8. The van der Waals surface area contributed by atoms with Crippen LogP contribution in [0.15, 0.2) is 52.1 Å². The van der Waals surface area contributed by atoms with Gasteiger partial charge in [0.2, 0.25) is 0 Å². The molecule has 1 atom stereocenters. The van der Waals surface area contributed by atoms with Crippen molar-refractivity contribution in [2.75, 3.05) is 24.5 Å². The van der Waals surface area contributed by atoms with Gasteiger partial charge in [-0.15, -0.1) is 0 Å². The van der Waals surface area contributed by atoms with Gasteiger partial charge in [0.1, 0.15) is 0 Å². The van der Waals surface area contributed by atoms with E-state index in [4.69, 9.17) is 0 Å². The zero-order valence-electron chi connectivity index (χ0n) is 19.6. The van der Waals surface area contributed by atoms with Crippen molar-refractivity contribution in [2.24, 2.45) is 0 Å². The Bertz CT molecular complexity index is 1280. The average molecular weight is 449 g/mol. The fourth-order valence-electron chi connectivity index (χ4n) is 4.63. The van der Waals surface area contributed by atoms with Crippen molar-refractivity contribution in [3.63, 3.8) is 0 Å². The predicted octanol–water partition coefficient (Wildman–Crippen LogP) is 3.54. The maximum absolute atomic E-state index is 13.2. The molecule has 0 radical (unpaired) electrons. The summed E-state index contributed by atoms with van der Waals surface area (Å²) in [4.78, 5) is 45.5. The second-order valence-electron chi connectivity index (χ2n) is 8.99. The molecular weight excluding hydrogens is 416 g/mol. The number of aromatic amines is 1. The van der Waals surface area contributed by atoms with E-state index < -0.39 is 5.69 Å². The number of H-pyrrole nitrogens is 1. The highest BCUT2D eigenvalue weighted by Crippen LogP contribution is 2.23. The van der Waals surface area contributed by atoms with E-state index in [0.717, 1.165) is 25.8 Å². The number of benzene rings is 2. The molecule has 3 aromatic rings. The van der Waals surface area contributed by atoms with Gasteiger partial charge in [0.15, 0.2) is 0 Å². The van der Waals surface area contributed by atoms with E-state index in [0.29, 0.717) is 36.1 Å². The Balaban J connectivity index is 1.53. The summed E-state index contributed by atoms with van der Waals surface area (Å²) < 4.78 is 1.26. The molecule has 174 valence electrons. The minimum Gasteiger partial charge on any atom is -0.365 e. The minimum atomic E-state index is -0.423. The third kappa shape index (κ3) is 4.72. The molecular formula is C26H32N4O3. The van der Waals surface area contributed by atoms with E-state index >= 15 is 0 Å². The lowest BCUT2D eigenvalue weighted by molar-refractivity contribution is 0.0726. The van der Waals surface area contributed by atoms with Crippen molar-refractivity contribution >= 4 is 22.5 Å². The van der Waals surface area contributed by atoms with Crippen molar-refractivity contribution < 1.29 is 4.79 Å². The topological polar surface area (TPSA) is 78.4 Å². The smallest absolute Gasteiger partial charge is 0.328 e. The van der Waals surface area contributed by atoms with Crippen LogP contribution >= 0.6 is 0 Å². The highest BCUT2D eigenvalue weighted by Gasteiger charge is 2.27. The standard InChI is InChI=1S/C26H32N4O3/c1-4-5-6-12-30-25(32)22-11-10-20(16-23(22)27-26(30)33)24(31)28-13-14-29(19(3)17-28)21-9-7-8-18(2)15-21/h7-11,15-16,19H,4-6,12-14,17H2,1-3H3,(H,27,33)/t19-/m1/s1. The summed E-state index contributed by atoms with van der Waals surface area (Å²) in [6.45, 7) is 8.67. The fraction of sp³-hybridized carbons (Fsp3) is 0.423. The molecule has 33 heavy (non-hydrogen) atoms. The van der Waals surface area contributed by atoms with E-state index in [-0.39, 0.29) is 17.5 Å². The Labute approximate surface area is 193 Å². The molecule has 1 aliphatic rings. The Hall–Kier alpha value is -3.35. The van der Waals surface area contributed by atoms with Gasteiger partial charge >= 0.3 is 5.69 Å². The molecule has 1 fully saturated rings. The van der Waals surface area contributed by atoms with Gasteiger partial charge in [-0.05, 0) is 56.2 Å². The summed E-state index contributed by atoms with van der Waals surface area (Å²) >= 11 is 0. The Morgan fingerprint density at radius 2 is 1.91 bits per heavy atom. The number of carbonyl (C=O) groups is 1. The molecule has 7 heteroatoms. The zero-order chi connectivity index (χ0) is 23.5. The molecule has 2 aromatic carbocycles. The van der Waals surface area contributed by atoms with Gasteiger partial charge in [0.05, 0.1) is 10.9 Å². The maximum Gasteiger partial charge on any atom is 0.328 e. The number of unbranched alkanes of at least 4 members (excludes halogenated alkanes) is 2. The van der Waals surface area contributed by atoms with E-state index in [1.165, 1.54) is 15.8 Å². The number of anilines is 1. The molecule has 1 aromatic heterocycles. The summed E-state index contributed by atoms with van der Waals surface area (Å²) in [5.41, 5.74) is 2.56. The summed E-state index contributed by atoms with van der Waals surface area (Å²) in [7, 11) is 0. The van der Waals surface area contributed by atoms with Crippen molar-refractivity contribution in [1.29, 1.82) is 0 Å². The highest BCUT2D eigenvalue weighted by atomic mass is 16.2. The van der Waals surface area contributed by atoms with Crippen LogP contribution in [0.5, 0.6) is 0 Å². The molecule has 4 rings (SSSR count). The van der Waals surface area contributed by atoms with Gasteiger partial charge in [-0.3, -0.25) is 14.2 Å². The third-order valence-corrected chi connectivity index (χ3v) is 6.46. The van der Waals surface area contributed by atoms with Crippen LogP contribution < -0.4 is 16.1 Å². The van der Waals surface area contributed by atoms with E-state index in [1.54, 1.807) is 18.2 Å². The lowest BCUT2D eigenvalue weighted by Crippen LogP contribution is -2.53. The quantitative estimate of drug-likeness (QED) is 0.585. The molecule has 0 unspecified atom stereocenters. The van der Waals surface area contributed by atoms with Gasteiger partial charge in [0.25, 0.3) is 11.5 Å². The number of piperazine rings is 1. The van der Waals surface area contributed by atoms with E-state index in [9.17, 15) is 14.4 Å². The van der Waals surface area contributed by atoms with E-state index in [1.807, 2.05) is 4.90 Å². The number of nitrogens with one attached hydrogen (secondary N) is 1. The second kappa shape index (κ2) is 9.65. The van der Waals surface area contributed by atoms with Crippen molar-refractivity contribution in [1.82, 2.24) is 14.5 Å². The number of aryl methyl sites for hydroxylation is 1. The molecule has 2 heterocycles. The summed E-state index contributed by atoms with van der Waals surface area (Å²) in [6, 6.07) is 13.6. The number of nitrogens with zero attached hydrogens (tertiary/aromatic N) is 3. The van der Waals surface area contributed by atoms with Crippen molar-refractivity contribution in [2.45, 2.75) is 52.6 Å². The summed E-state index contributed by atoms with van der Waals surface area (Å²) in [5.74, 6) is -0.0828. The Morgan fingerprint density at radius 3 is 2.64 bits per heavy atom. The average Bonchev–Trinajstić information content (AvgIpc) is 2.80. The van der Waals surface area contributed by atoms with Crippen LogP contribution in [0.1, 0.15) is 49.0 Å². The first kappa shape index (κ1) is 22.8. The van der Waals surface area contributed by atoms with Gasteiger partial charge in [-0.25, -0.2) is 4.79 Å². The van der Waals surface area contributed by atoms with E-state index in [2.05, 4.69) is 54.9 Å². The lowest BCUT2D eigenvalue weighted by atomic mass is 10.1. The Kier molecular flexibility index (Phi) is 6.67. The molecule has 1 saturated heterocycles. The molecule has 0 aliphatic carbocycles. The highest BCUT2D eigenvalue weighted by molar-refractivity contribution is 5.97. The van der Waals surface area contributed by atoms with Crippen LogP contribution in [-0.2, 0) is 6.54 Å². The van der Waals surface area contributed by atoms with Crippen LogP contribution in [0.2, 0.25) is 0 Å². The van der Waals surface area contributed by atoms with Crippen LogP contribution in [0.25, 0.3) is 10.9 Å².